The maximum absolute atomic E-state index is 12.5. The molecule has 0 saturated heterocycles. The summed E-state index contributed by atoms with van der Waals surface area (Å²) in [6.07, 6.45) is 0. The summed E-state index contributed by atoms with van der Waals surface area (Å²) in [7, 11) is 4.70. The van der Waals surface area contributed by atoms with E-state index in [0.717, 1.165) is 5.56 Å². The summed E-state index contributed by atoms with van der Waals surface area (Å²) in [6, 6.07) is 12.2. The topological polar surface area (TPSA) is 67.9 Å². The number of carbonyl (C=O) groups is 2. The number of rotatable bonds is 6. The molecule has 1 N–H and O–H groups in total. The number of hydrogen-bond acceptors (Lipinski definition) is 4. The van der Waals surface area contributed by atoms with Crippen LogP contribution in [0, 0.1) is 6.92 Å². The van der Waals surface area contributed by atoms with Crippen molar-refractivity contribution in [2.24, 2.45) is 0 Å². The molecule has 0 aromatic heterocycles. The molecule has 0 bridgehead atoms. The molecule has 0 atom stereocenters. The van der Waals surface area contributed by atoms with Crippen molar-refractivity contribution < 1.29 is 19.1 Å². The molecule has 0 aliphatic rings. The fourth-order valence-electron chi connectivity index (χ4n) is 2.36. The van der Waals surface area contributed by atoms with Gasteiger partial charge in [-0.2, -0.15) is 0 Å². The van der Waals surface area contributed by atoms with Crippen molar-refractivity contribution in [3.05, 3.63) is 53.6 Å². The van der Waals surface area contributed by atoms with Crippen molar-refractivity contribution in [2.75, 3.05) is 33.1 Å². The van der Waals surface area contributed by atoms with Crippen LogP contribution < -0.4 is 14.8 Å². The number of benzene rings is 2. The number of ether oxygens (including phenoxy) is 2. The van der Waals surface area contributed by atoms with Gasteiger partial charge in [0, 0.05) is 24.4 Å². The van der Waals surface area contributed by atoms with Gasteiger partial charge in [0.1, 0.15) is 11.5 Å². The molecule has 6 nitrogen and oxygen atoms in total. The fraction of sp³-hybridized carbons (Fsp3) is 0.263. The first-order valence-electron chi connectivity index (χ1n) is 7.78. The Kier molecular flexibility index (Phi) is 6.00. The van der Waals surface area contributed by atoms with E-state index in [2.05, 4.69) is 5.32 Å². The third-order valence-electron chi connectivity index (χ3n) is 3.74. The third-order valence-corrected chi connectivity index (χ3v) is 3.74. The van der Waals surface area contributed by atoms with Gasteiger partial charge in [-0.15, -0.1) is 0 Å². The fourth-order valence-corrected chi connectivity index (χ4v) is 2.36. The van der Waals surface area contributed by atoms with Crippen molar-refractivity contribution in [2.45, 2.75) is 6.92 Å². The van der Waals surface area contributed by atoms with Crippen LogP contribution in [0.5, 0.6) is 11.5 Å². The number of amides is 2. The van der Waals surface area contributed by atoms with Crippen molar-refractivity contribution >= 4 is 17.5 Å². The van der Waals surface area contributed by atoms with Crippen LogP contribution >= 0.6 is 0 Å². The number of methoxy groups -OCH3 is 2. The van der Waals surface area contributed by atoms with Gasteiger partial charge < -0.3 is 19.7 Å². The molecule has 0 saturated carbocycles. The summed E-state index contributed by atoms with van der Waals surface area (Å²) in [4.78, 5) is 26.0. The zero-order valence-electron chi connectivity index (χ0n) is 14.8. The molecule has 0 aliphatic carbocycles. The van der Waals surface area contributed by atoms with Crippen LogP contribution in [0.1, 0.15) is 15.9 Å². The minimum absolute atomic E-state index is 0.0633. The molecule has 0 radical (unpaired) electrons. The zero-order valence-corrected chi connectivity index (χ0v) is 14.8. The summed E-state index contributed by atoms with van der Waals surface area (Å²) in [6.45, 7) is 1.84. The number of aryl methyl sites for hydroxylation is 1. The predicted octanol–water partition coefficient (Wildman–Crippen LogP) is 2.72. The normalized spacial score (nSPS) is 10.1. The lowest BCUT2D eigenvalue weighted by molar-refractivity contribution is -0.116. The molecule has 2 aromatic carbocycles. The minimum Gasteiger partial charge on any atom is -0.497 e. The molecule has 2 aromatic rings. The molecule has 0 spiro atoms. The van der Waals surface area contributed by atoms with E-state index in [9.17, 15) is 9.59 Å². The van der Waals surface area contributed by atoms with Gasteiger partial charge in [-0.05, 0) is 36.8 Å². The number of hydrogen-bond donors (Lipinski definition) is 1. The summed E-state index contributed by atoms with van der Waals surface area (Å²) < 4.78 is 10.4. The maximum atomic E-state index is 12.5. The zero-order chi connectivity index (χ0) is 18.4. The molecule has 0 aliphatic heterocycles. The standard InChI is InChI=1S/C19H22N2O4/c1-13-8-9-14(10-17(13)25-4)19(23)21(2)12-18(22)20-15-6-5-7-16(11-15)24-3/h5-11H,12H2,1-4H3,(H,20,22). The van der Waals surface area contributed by atoms with Crippen LogP contribution in [0.3, 0.4) is 0 Å². The van der Waals surface area contributed by atoms with Gasteiger partial charge in [0.25, 0.3) is 5.91 Å². The first kappa shape index (κ1) is 18.3. The lowest BCUT2D eigenvalue weighted by Gasteiger charge is -2.18. The predicted molar refractivity (Wildman–Crippen MR) is 96.3 cm³/mol. The SMILES string of the molecule is COc1cccc(NC(=O)CN(C)C(=O)c2ccc(C)c(OC)c2)c1. The Hall–Kier alpha value is -3.02. The molecule has 25 heavy (non-hydrogen) atoms. The molecule has 0 heterocycles. The molecule has 2 amide bonds. The summed E-state index contributed by atoms with van der Waals surface area (Å²) in [5.41, 5.74) is 2.03. The Bertz CT molecular complexity index is 774. The van der Waals surface area contributed by atoms with E-state index >= 15 is 0 Å². The van der Waals surface area contributed by atoms with Gasteiger partial charge in [0.15, 0.2) is 0 Å². The van der Waals surface area contributed by atoms with Crippen LogP contribution in [0.25, 0.3) is 0 Å². The molecule has 132 valence electrons. The highest BCUT2D eigenvalue weighted by Crippen LogP contribution is 2.20. The minimum atomic E-state index is -0.289. The third kappa shape index (κ3) is 4.73. The highest BCUT2D eigenvalue weighted by Gasteiger charge is 2.16. The van der Waals surface area contributed by atoms with E-state index in [1.165, 1.54) is 4.90 Å². The lowest BCUT2D eigenvalue weighted by atomic mass is 10.1. The Morgan fingerprint density at radius 2 is 1.84 bits per heavy atom. The maximum Gasteiger partial charge on any atom is 0.254 e. The number of anilines is 1. The first-order valence-corrected chi connectivity index (χ1v) is 7.78. The van der Waals surface area contributed by atoms with E-state index in [0.29, 0.717) is 22.7 Å². The second-order valence-electron chi connectivity index (χ2n) is 5.63. The van der Waals surface area contributed by atoms with E-state index < -0.39 is 0 Å². The summed E-state index contributed by atoms with van der Waals surface area (Å²) in [5, 5.41) is 2.75. The van der Waals surface area contributed by atoms with Gasteiger partial charge in [-0.3, -0.25) is 9.59 Å². The number of likely N-dealkylation sites (N-methyl/N-ethyl adjacent to an activating group) is 1. The lowest BCUT2D eigenvalue weighted by Crippen LogP contribution is -2.34. The van der Waals surface area contributed by atoms with Crippen LogP contribution in [-0.2, 0) is 4.79 Å². The van der Waals surface area contributed by atoms with E-state index in [1.807, 2.05) is 13.0 Å². The monoisotopic (exact) mass is 342 g/mol. The van der Waals surface area contributed by atoms with Gasteiger partial charge in [-0.25, -0.2) is 0 Å². The smallest absolute Gasteiger partial charge is 0.254 e. The molecule has 6 heteroatoms. The quantitative estimate of drug-likeness (QED) is 0.876. The molecule has 0 fully saturated rings. The van der Waals surface area contributed by atoms with E-state index in [-0.39, 0.29) is 18.4 Å². The van der Waals surface area contributed by atoms with Crippen LogP contribution in [0.4, 0.5) is 5.69 Å². The Morgan fingerprint density at radius 1 is 1.08 bits per heavy atom. The van der Waals surface area contributed by atoms with E-state index in [1.54, 1.807) is 57.7 Å². The van der Waals surface area contributed by atoms with Crippen LogP contribution in [-0.4, -0.2) is 44.5 Å². The second kappa shape index (κ2) is 8.19. The molecular formula is C19H22N2O4. The van der Waals surface area contributed by atoms with Crippen LogP contribution in [0.2, 0.25) is 0 Å². The van der Waals surface area contributed by atoms with E-state index in [4.69, 9.17) is 9.47 Å². The second-order valence-corrected chi connectivity index (χ2v) is 5.63. The van der Waals surface area contributed by atoms with Gasteiger partial charge in [0.2, 0.25) is 5.91 Å². The molecular weight excluding hydrogens is 320 g/mol. The van der Waals surface area contributed by atoms with Crippen molar-refractivity contribution in [3.8, 4) is 11.5 Å². The Morgan fingerprint density at radius 3 is 2.52 bits per heavy atom. The average Bonchev–Trinajstić information content (AvgIpc) is 2.61. The molecule has 2 rings (SSSR count). The van der Waals surface area contributed by atoms with Gasteiger partial charge in [0.05, 0.1) is 20.8 Å². The van der Waals surface area contributed by atoms with Crippen molar-refractivity contribution in [1.82, 2.24) is 4.90 Å². The highest BCUT2D eigenvalue weighted by atomic mass is 16.5. The van der Waals surface area contributed by atoms with Crippen molar-refractivity contribution in [1.29, 1.82) is 0 Å². The van der Waals surface area contributed by atoms with Gasteiger partial charge in [-0.1, -0.05) is 12.1 Å². The average molecular weight is 342 g/mol. The van der Waals surface area contributed by atoms with Crippen LogP contribution in [0.15, 0.2) is 42.5 Å². The van der Waals surface area contributed by atoms with Crippen molar-refractivity contribution in [3.63, 3.8) is 0 Å². The highest BCUT2D eigenvalue weighted by molar-refractivity contribution is 5.99. The summed E-state index contributed by atoms with van der Waals surface area (Å²) >= 11 is 0. The summed E-state index contributed by atoms with van der Waals surface area (Å²) in [5.74, 6) is 0.747. The number of nitrogens with zero attached hydrogens (tertiary/aromatic N) is 1. The largest absolute Gasteiger partial charge is 0.497 e. The molecule has 0 unspecified atom stereocenters. The number of nitrogens with one attached hydrogen (secondary N) is 1. The first-order chi connectivity index (χ1) is 11.9. The number of carbonyl (C=O) groups excluding carboxylic acids is 2. The Labute approximate surface area is 147 Å². The Balaban J connectivity index is 2.01. The van der Waals surface area contributed by atoms with Gasteiger partial charge >= 0.3 is 0 Å².